The number of benzene rings is 1. The van der Waals surface area contributed by atoms with E-state index in [4.69, 9.17) is 15.6 Å². The third kappa shape index (κ3) is 6.56. The summed E-state index contributed by atoms with van der Waals surface area (Å²) in [5, 5.41) is 9.15. The van der Waals surface area contributed by atoms with Crippen LogP contribution in [0.4, 0.5) is 0 Å². The van der Waals surface area contributed by atoms with Gasteiger partial charge in [-0.05, 0) is 49.6 Å². The van der Waals surface area contributed by atoms with E-state index in [1.165, 1.54) is 0 Å². The minimum atomic E-state index is -0.937. The zero-order valence-electron chi connectivity index (χ0n) is 12.3. The smallest absolute Gasteiger partial charge is 0.328 e. The lowest BCUT2D eigenvalue weighted by Gasteiger charge is -2.06. The Morgan fingerprint density at radius 1 is 1.43 bits per heavy atom. The van der Waals surface area contributed by atoms with Gasteiger partial charge in [0.1, 0.15) is 11.8 Å². The number of nitrogens with two attached hydrogens (primary N) is 1. The molecule has 3 N–H and O–H groups in total. The molecule has 6 nitrogen and oxygen atoms in total. The summed E-state index contributed by atoms with van der Waals surface area (Å²) in [6.45, 7) is 2.22. The third-order valence-corrected chi connectivity index (χ3v) is 2.80. The van der Waals surface area contributed by atoms with Gasteiger partial charge in [0.05, 0.1) is 12.9 Å². The summed E-state index contributed by atoms with van der Waals surface area (Å²) < 4.78 is 5.06. The largest absolute Gasteiger partial charge is 0.497 e. The first-order valence-electron chi connectivity index (χ1n) is 6.69. The van der Waals surface area contributed by atoms with Crippen LogP contribution in [-0.2, 0) is 4.79 Å². The van der Waals surface area contributed by atoms with Crippen LogP contribution in [0.15, 0.2) is 34.3 Å². The molecule has 0 aromatic heterocycles. The fraction of sp³-hybridized carbons (Fsp3) is 0.400. The minimum Gasteiger partial charge on any atom is -0.497 e. The van der Waals surface area contributed by atoms with Gasteiger partial charge in [0, 0.05) is 12.8 Å². The number of aliphatic carboxylic acids is 1. The molecule has 0 radical (unpaired) electrons. The van der Waals surface area contributed by atoms with Crippen molar-refractivity contribution in [2.24, 2.45) is 15.7 Å². The second kappa shape index (κ2) is 8.73. The normalized spacial score (nSPS) is 13.3. The monoisotopic (exact) mass is 291 g/mol. The molecule has 1 rings (SSSR count). The standard InChI is InChI=1S/C15H21N3O3/c1-11(16)17-9-3-4-14(15(19)20)18-10-12-5-7-13(21-2)8-6-12/h5-8,10,14H,3-4,9H2,1-2H3,(H2,16,17)(H,19,20). The maximum Gasteiger partial charge on any atom is 0.328 e. The molecule has 0 saturated carbocycles. The summed E-state index contributed by atoms with van der Waals surface area (Å²) >= 11 is 0. The predicted molar refractivity (Wildman–Crippen MR) is 83.4 cm³/mol. The Morgan fingerprint density at radius 3 is 2.62 bits per heavy atom. The first-order chi connectivity index (χ1) is 10.0. The van der Waals surface area contributed by atoms with Crippen molar-refractivity contribution in [1.29, 1.82) is 0 Å². The van der Waals surface area contributed by atoms with Gasteiger partial charge in [-0.1, -0.05) is 0 Å². The number of carboxylic acids is 1. The van der Waals surface area contributed by atoms with Crippen molar-refractivity contribution in [3.63, 3.8) is 0 Å². The van der Waals surface area contributed by atoms with Gasteiger partial charge in [-0.25, -0.2) is 4.79 Å². The number of hydrogen-bond donors (Lipinski definition) is 2. The fourth-order valence-corrected chi connectivity index (χ4v) is 1.67. The van der Waals surface area contributed by atoms with Gasteiger partial charge in [0.15, 0.2) is 0 Å². The van der Waals surface area contributed by atoms with Crippen LogP contribution >= 0.6 is 0 Å². The number of ether oxygens (including phenoxy) is 1. The molecule has 0 spiro atoms. The third-order valence-electron chi connectivity index (χ3n) is 2.80. The number of rotatable bonds is 8. The maximum atomic E-state index is 11.2. The fourth-order valence-electron chi connectivity index (χ4n) is 1.67. The molecular weight excluding hydrogens is 270 g/mol. The molecule has 1 aromatic carbocycles. The van der Waals surface area contributed by atoms with Gasteiger partial charge in [-0.2, -0.15) is 0 Å². The number of methoxy groups -OCH3 is 1. The van der Waals surface area contributed by atoms with Crippen molar-refractivity contribution in [3.8, 4) is 5.75 Å². The Morgan fingerprint density at radius 2 is 2.10 bits per heavy atom. The Kier molecular flexibility index (Phi) is 6.94. The van der Waals surface area contributed by atoms with Crippen LogP contribution in [0.25, 0.3) is 0 Å². The molecular formula is C15H21N3O3. The van der Waals surface area contributed by atoms with Crippen molar-refractivity contribution in [2.75, 3.05) is 13.7 Å². The van der Waals surface area contributed by atoms with E-state index in [-0.39, 0.29) is 0 Å². The number of amidine groups is 1. The van der Waals surface area contributed by atoms with Gasteiger partial charge < -0.3 is 15.6 Å². The SMILES string of the molecule is COc1ccc(C=NC(CCCN=C(C)N)C(=O)O)cc1. The Balaban J connectivity index is 2.58. The molecule has 1 atom stereocenters. The summed E-state index contributed by atoms with van der Waals surface area (Å²) in [4.78, 5) is 19.3. The molecule has 114 valence electrons. The number of hydrogen-bond acceptors (Lipinski definition) is 4. The summed E-state index contributed by atoms with van der Waals surface area (Å²) in [6.07, 6.45) is 2.62. The van der Waals surface area contributed by atoms with Gasteiger partial charge in [0.2, 0.25) is 0 Å². The maximum absolute atomic E-state index is 11.2. The first-order valence-corrected chi connectivity index (χ1v) is 6.69. The van der Waals surface area contributed by atoms with E-state index in [2.05, 4.69) is 9.98 Å². The van der Waals surface area contributed by atoms with E-state index in [9.17, 15) is 4.79 Å². The number of carboxylic acid groups (broad SMARTS) is 1. The average Bonchev–Trinajstić information content (AvgIpc) is 2.46. The van der Waals surface area contributed by atoms with Crippen LogP contribution < -0.4 is 10.5 Å². The van der Waals surface area contributed by atoms with Crippen molar-refractivity contribution in [1.82, 2.24) is 0 Å². The van der Waals surface area contributed by atoms with E-state index in [0.717, 1.165) is 11.3 Å². The molecule has 6 heteroatoms. The highest BCUT2D eigenvalue weighted by Crippen LogP contribution is 2.10. The van der Waals surface area contributed by atoms with Crippen molar-refractivity contribution in [2.45, 2.75) is 25.8 Å². The summed E-state index contributed by atoms with van der Waals surface area (Å²) in [6, 6.07) is 6.48. The van der Waals surface area contributed by atoms with E-state index < -0.39 is 12.0 Å². The van der Waals surface area contributed by atoms with E-state index in [0.29, 0.717) is 25.2 Å². The molecule has 21 heavy (non-hydrogen) atoms. The van der Waals surface area contributed by atoms with E-state index in [1.54, 1.807) is 32.4 Å². The first kappa shape index (κ1) is 16.7. The highest BCUT2D eigenvalue weighted by Gasteiger charge is 2.14. The van der Waals surface area contributed by atoms with Gasteiger partial charge in [0.25, 0.3) is 0 Å². The van der Waals surface area contributed by atoms with Crippen LogP contribution in [0.2, 0.25) is 0 Å². The predicted octanol–water partition coefficient (Wildman–Crippen LogP) is 1.72. The van der Waals surface area contributed by atoms with Crippen molar-refractivity contribution >= 4 is 18.0 Å². The van der Waals surface area contributed by atoms with Crippen LogP contribution in [-0.4, -0.2) is 42.8 Å². The second-order valence-electron chi connectivity index (χ2n) is 4.57. The molecule has 1 unspecified atom stereocenters. The van der Waals surface area contributed by atoms with Crippen LogP contribution in [0, 0.1) is 0 Å². The molecule has 0 amide bonds. The van der Waals surface area contributed by atoms with Crippen molar-refractivity contribution < 1.29 is 14.6 Å². The number of nitrogens with zero attached hydrogens (tertiary/aromatic N) is 2. The van der Waals surface area contributed by atoms with E-state index in [1.807, 2.05) is 12.1 Å². The molecule has 0 aliphatic heterocycles. The summed E-state index contributed by atoms with van der Waals surface area (Å²) in [5.41, 5.74) is 6.25. The van der Waals surface area contributed by atoms with Crippen LogP contribution in [0.5, 0.6) is 5.75 Å². The lowest BCUT2D eigenvalue weighted by molar-refractivity contribution is -0.138. The van der Waals surface area contributed by atoms with Crippen molar-refractivity contribution in [3.05, 3.63) is 29.8 Å². The lowest BCUT2D eigenvalue weighted by Crippen LogP contribution is -2.18. The van der Waals surface area contributed by atoms with Crippen LogP contribution in [0.3, 0.4) is 0 Å². The topological polar surface area (TPSA) is 97.3 Å². The average molecular weight is 291 g/mol. The van der Waals surface area contributed by atoms with Gasteiger partial charge >= 0.3 is 5.97 Å². The molecule has 0 heterocycles. The summed E-state index contributed by atoms with van der Waals surface area (Å²) in [5.74, 6) is 0.314. The Labute approximate surface area is 124 Å². The molecule has 0 bridgehead atoms. The zero-order valence-corrected chi connectivity index (χ0v) is 12.3. The Hall–Kier alpha value is -2.37. The lowest BCUT2D eigenvalue weighted by atomic mass is 10.1. The van der Waals surface area contributed by atoms with Gasteiger partial charge in [-0.3, -0.25) is 9.98 Å². The highest BCUT2D eigenvalue weighted by molar-refractivity contribution is 5.83. The van der Waals surface area contributed by atoms with Gasteiger partial charge in [-0.15, -0.1) is 0 Å². The molecule has 0 aliphatic rings. The second-order valence-corrected chi connectivity index (χ2v) is 4.57. The number of carbonyl (C=O) groups is 1. The quantitative estimate of drug-likeness (QED) is 0.433. The Bertz CT molecular complexity index is 505. The number of aliphatic imine (C=N–C) groups is 2. The van der Waals surface area contributed by atoms with Crippen LogP contribution in [0.1, 0.15) is 25.3 Å². The zero-order chi connectivity index (χ0) is 15.7. The molecule has 0 fully saturated rings. The highest BCUT2D eigenvalue weighted by atomic mass is 16.5. The minimum absolute atomic E-state index is 0.429. The molecule has 1 aromatic rings. The molecule has 0 saturated heterocycles. The summed E-state index contributed by atoms with van der Waals surface area (Å²) in [7, 11) is 1.59. The van der Waals surface area contributed by atoms with E-state index >= 15 is 0 Å². The molecule has 0 aliphatic carbocycles.